The molecule has 0 bridgehead atoms. The Kier molecular flexibility index (Phi) is 6.93. The molecule has 2 aromatic carbocycles. The summed E-state index contributed by atoms with van der Waals surface area (Å²) in [4.78, 5) is 34.1. The second kappa shape index (κ2) is 9.16. The predicted molar refractivity (Wildman–Crippen MR) is 94.8 cm³/mol. The zero-order valence-electron chi connectivity index (χ0n) is 13.1. The molecule has 0 saturated carbocycles. The summed E-state index contributed by atoms with van der Waals surface area (Å²) in [5.41, 5.74) is 0.155. The van der Waals surface area contributed by atoms with Gasteiger partial charge in [-0.1, -0.05) is 11.6 Å². The van der Waals surface area contributed by atoms with Crippen LogP contribution in [-0.2, 0) is 14.3 Å². The third-order valence-corrected chi connectivity index (χ3v) is 4.27. The second-order valence-corrected chi connectivity index (χ2v) is 6.33. The van der Waals surface area contributed by atoms with E-state index < -0.39 is 29.2 Å². The summed E-state index contributed by atoms with van der Waals surface area (Å²) in [5.74, 6) is -1.86. The maximum Gasteiger partial charge on any atom is 0.316 e. The minimum Gasteiger partial charge on any atom is -0.455 e. The molecule has 2 rings (SSSR count). The van der Waals surface area contributed by atoms with Crippen molar-refractivity contribution in [3.63, 3.8) is 0 Å². The van der Waals surface area contributed by atoms with E-state index in [1.54, 1.807) is 0 Å². The van der Waals surface area contributed by atoms with Gasteiger partial charge in [0.25, 0.3) is 11.6 Å². The fraction of sp³-hybridized carbons (Fsp3) is 0.125. The lowest BCUT2D eigenvalue weighted by atomic mass is 10.3. The van der Waals surface area contributed by atoms with E-state index in [1.807, 2.05) is 0 Å². The predicted octanol–water partition coefficient (Wildman–Crippen LogP) is 3.66. The second-order valence-electron chi connectivity index (χ2n) is 4.87. The Hall–Kier alpha value is -2.65. The Morgan fingerprint density at radius 1 is 1.23 bits per heavy atom. The first-order valence-electron chi connectivity index (χ1n) is 7.13. The highest BCUT2D eigenvalue weighted by atomic mass is 35.5. The number of rotatable bonds is 7. The molecule has 0 atom stereocenters. The zero-order valence-corrected chi connectivity index (χ0v) is 14.7. The van der Waals surface area contributed by atoms with Crippen molar-refractivity contribution >= 4 is 46.6 Å². The van der Waals surface area contributed by atoms with Crippen LogP contribution >= 0.6 is 23.4 Å². The number of halogens is 2. The van der Waals surface area contributed by atoms with Gasteiger partial charge in [-0.3, -0.25) is 19.7 Å². The van der Waals surface area contributed by atoms with Gasteiger partial charge in [0.15, 0.2) is 6.61 Å². The van der Waals surface area contributed by atoms with E-state index in [1.165, 1.54) is 30.3 Å². The van der Waals surface area contributed by atoms with Crippen LogP contribution in [0, 0.1) is 15.9 Å². The molecule has 0 heterocycles. The summed E-state index contributed by atoms with van der Waals surface area (Å²) in [7, 11) is 0. The number of hydrogen-bond donors (Lipinski definition) is 1. The Labute approximate surface area is 156 Å². The average molecular weight is 399 g/mol. The van der Waals surface area contributed by atoms with Gasteiger partial charge >= 0.3 is 5.97 Å². The number of nitrogens with zero attached hydrogens (tertiary/aromatic N) is 1. The highest BCUT2D eigenvalue weighted by molar-refractivity contribution is 8.00. The molecule has 0 aromatic heterocycles. The van der Waals surface area contributed by atoms with Crippen molar-refractivity contribution in [3.05, 3.63) is 63.4 Å². The number of benzene rings is 2. The first kappa shape index (κ1) is 19.7. The third kappa shape index (κ3) is 6.01. The molecule has 136 valence electrons. The third-order valence-electron chi connectivity index (χ3n) is 2.97. The molecular formula is C16H12ClFN2O5S. The van der Waals surface area contributed by atoms with E-state index in [2.05, 4.69) is 5.32 Å². The van der Waals surface area contributed by atoms with Gasteiger partial charge in [0.1, 0.15) is 5.82 Å². The Morgan fingerprint density at radius 3 is 2.54 bits per heavy atom. The molecule has 0 aliphatic heterocycles. The molecule has 0 radical (unpaired) electrons. The lowest BCUT2D eigenvalue weighted by Gasteiger charge is -2.08. The number of carbonyl (C=O) groups is 2. The topological polar surface area (TPSA) is 98.5 Å². The number of nitro benzene ring substituents is 1. The normalized spacial score (nSPS) is 10.2. The summed E-state index contributed by atoms with van der Waals surface area (Å²) in [6.07, 6.45) is 0. The SMILES string of the molecule is O=C(COC(=O)CSc1ccc([N+](=O)[O-])cc1)Nc1ccc(F)cc1Cl. The quantitative estimate of drug-likeness (QED) is 0.331. The van der Waals surface area contributed by atoms with Gasteiger partial charge in [0.2, 0.25) is 0 Å². The molecule has 0 aliphatic rings. The first-order valence-corrected chi connectivity index (χ1v) is 8.49. The maximum absolute atomic E-state index is 12.9. The summed E-state index contributed by atoms with van der Waals surface area (Å²) >= 11 is 6.89. The molecule has 10 heteroatoms. The van der Waals surface area contributed by atoms with E-state index in [0.717, 1.165) is 23.9 Å². The number of esters is 1. The summed E-state index contributed by atoms with van der Waals surface area (Å²) < 4.78 is 17.7. The van der Waals surface area contributed by atoms with Crippen LogP contribution < -0.4 is 5.32 Å². The number of ether oxygens (including phenoxy) is 1. The van der Waals surface area contributed by atoms with Gasteiger partial charge < -0.3 is 10.1 Å². The van der Waals surface area contributed by atoms with Crippen LogP contribution in [0.15, 0.2) is 47.4 Å². The summed E-state index contributed by atoms with van der Waals surface area (Å²) in [6, 6.07) is 9.15. The van der Waals surface area contributed by atoms with Crippen LogP contribution in [0.3, 0.4) is 0 Å². The van der Waals surface area contributed by atoms with E-state index in [9.17, 15) is 24.1 Å². The zero-order chi connectivity index (χ0) is 19.1. The lowest BCUT2D eigenvalue weighted by Crippen LogP contribution is -2.21. The van der Waals surface area contributed by atoms with Gasteiger partial charge in [-0.25, -0.2) is 4.39 Å². The summed E-state index contributed by atoms with van der Waals surface area (Å²) in [6.45, 7) is -0.520. The van der Waals surface area contributed by atoms with Crippen molar-refractivity contribution in [2.75, 3.05) is 17.7 Å². The molecule has 0 fully saturated rings. The first-order chi connectivity index (χ1) is 12.3. The Morgan fingerprint density at radius 2 is 1.92 bits per heavy atom. The van der Waals surface area contributed by atoms with E-state index in [0.29, 0.717) is 4.90 Å². The lowest BCUT2D eigenvalue weighted by molar-refractivity contribution is -0.384. The number of anilines is 1. The number of hydrogen-bond acceptors (Lipinski definition) is 6. The smallest absolute Gasteiger partial charge is 0.316 e. The minimum atomic E-state index is -0.631. The van der Waals surface area contributed by atoms with Gasteiger partial charge in [-0.15, -0.1) is 11.8 Å². The highest BCUT2D eigenvalue weighted by Crippen LogP contribution is 2.23. The van der Waals surface area contributed by atoms with E-state index in [4.69, 9.17) is 16.3 Å². The number of non-ortho nitro benzene ring substituents is 1. The number of carbonyl (C=O) groups excluding carboxylic acids is 2. The fourth-order valence-corrected chi connectivity index (χ4v) is 2.68. The molecule has 2 aromatic rings. The number of nitrogens with one attached hydrogen (secondary N) is 1. The Balaban J connectivity index is 1.75. The van der Waals surface area contributed by atoms with Crippen LogP contribution in [0.1, 0.15) is 0 Å². The van der Waals surface area contributed by atoms with Crippen molar-refractivity contribution in [1.82, 2.24) is 0 Å². The van der Waals surface area contributed by atoms with Crippen LogP contribution in [0.4, 0.5) is 15.8 Å². The van der Waals surface area contributed by atoms with Gasteiger partial charge in [0.05, 0.1) is 21.4 Å². The van der Waals surface area contributed by atoms with Crippen molar-refractivity contribution < 1.29 is 23.6 Å². The van der Waals surface area contributed by atoms with Crippen LogP contribution in [0.25, 0.3) is 0 Å². The fourth-order valence-electron chi connectivity index (χ4n) is 1.77. The highest BCUT2D eigenvalue weighted by Gasteiger charge is 2.11. The average Bonchev–Trinajstić information content (AvgIpc) is 2.61. The Bertz CT molecular complexity index is 832. The molecular weight excluding hydrogens is 387 g/mol. The molecule has 0 aliphatic carbocycles. The molecule has 26 heavy (non-hydrogen) atoms. The van der Waals surface area contributed by atoms with E-state index >= 15 is 0 Å². The summed E-state index contributed by atoms with van der Waals surface area (Å²) in [5, 5.41) is 13.0. The largest absolute Gasteiger partial charge is 0.455 e. The molecule has 7 nitrogen and oxygen atoms in total. The van der Waals surface area contributed by atoms with Crippen molar-refractivity contribution in [2.45, 2.75) is 4.90 Å². The van der Waals surface area contributed by atoms with Crippen molar-refractivity contribution in [3.8, 4) is 0 Å². The molecule has 0 unspecified atom stereocenters. The van der Waals surface area contributed by atoms with Crippen LogP contribution in [0.5, 0.6) is 0 Å². The monoisotopic (exact) mass is 398 g/mol. The van der Waals surface area contributed by atoms with Crippen molar-refractivity contribution in [1.29, 1.82) is 0 Å². The molecule has 1 amide bonds. The van der Waals surface area contributed by atoms with Gasteiger partial charge in [0, 0.05) is 17.0 Å². The molecule has 0 saturated heterocycles. The maximum atomic E-state index is 12.9. The minimum absolute atomic E-state index is 0.0263. The number of amides is 1. The van der Waals surface area contributed by atoms with Crippen LogP contribution in [-0.4, -0.2) is 29.2 Å². The van der Waals surface area contributed by atoms with Gasteiger partial charge in [-0.05, 0) is 30.3 Å². The molecule has 0 spiro atoms. The number of thioether (sulfide) groups is 1. The molecule has 1 N–H and O–H groups in total. The number of nitro groups is 1. The van der Waals surface area contributed by atoms with E-state index in [-0.39, 0.29) is 22.2 Å². The van der Waals surface area contributed by atoms with Gasteiger partial charge in [-0.2, -0.15) is 0 Å². The van der Waals surface area contributed by atoms with Crippen molar-refractivity contribution in [2.24, 2.45) is 0 Å². The van der Waals surface area contributed by atoms with Crippen LogP contribution in [0.2, 0.25) is 5.02 Å². The standard InChI is InChI=1S/C16H12ClFN2O5S/c17-13-7-10(18)1-6-14(13)19-15(21)8-25-16(22)9-26-12-4-2-11(3-5-12)20(23)24/h1-7H,8-9H2,(H,19,21).